The van der Waals surface area contributed by atoms with Gasteiger partial charge in [-0.3, -0.25) is 9.59 Å². The fourth-order valence-electron chi connectivity index (χ4n) is 4.19. The van der Waals surface area contributed by atoms with Gasteiger partial charge < -0.3 is 14.5 Å². The van der Waals surface area contributed by atoms with E-state index in [2.05, 4.69) is 5.32 Å². The summed E-state index contributed by atoms with van der Waals surface area (Å²) in [5, 5.41) is 3.63. The van der Waals surface area contributed by atoms with E-state index in [1.54, 1.807) is 24.3 Å². The van der Waals surface area contributed by atoms with Crippen molar-refractivity contribution in [2.75, 3.05) is 6.61 Å². The van der Waals surface area contributed by atoms with Crippen LogP contribution in [0, 0.1) is 20.8 Å². The molecule has 0 aliphatic carbocycles. The predicted molar refractivity (Wildman–Crippen MR) is 136 cm³/mol. The maximum atomic E-state index is 12.9. The van der Waals surface area contributed by atoms with Gasteiger partial charge in [0.25, 0.3) is 5.91 Å². The normalized spacial score (nSPS) is 11.9. The maximum Gasteiger partial charge on any atom is 0.251 e. The quantitative estimate of drug-likeness (QED) is 0.372. The van der Waals surface area contributed by atoms with Crippen LogP contribution in [-0.4, -0.2) is 12.5 Å². The molecular formula is C29H29NO4. The Balaban J connectivity index is 1.57. The summed E-state index contributed by atoms with van der Waals surface area (Å²) < 4.78 is 11.8. The first-order chi connectivity index (χ1) is 16.3. The number of hydrogen-bond acceptors (Lipinski definition) is 4. The fourth-order valence-corrected chi connectivity index (χ4v) is 4.19. The lowest BCUT2D eigenvalue weighted by Crippen LogP contribution is -2.27. The average Bonchev–Trinajstić information content (AvgIpc) is 2.81. The molecule has 0 aliphatic heterocycles. The molecule has 1 unspecified atom stereocenters. The summed E-state index contributed by atoms with van der Waals surface area (Å²) in [4.78, 5) is 25.6. The molecule has 1 aromatic heterocycles. The van der Waals surface area contributed by atoms with Crippen molar-refractivity contribution in [3.63, 3.8) is 0 Å². The molecule has 4 aromatic rings. The minimum absolute atomic E-state index is 0.0815. The Labute approximate surface area is 199 Å². The Morgan fingerprint density at radius 3 is 2.41 bits per heavy atom. The number of benzene rings is 3. The van der Waals surface area contributed by atoms with Gasteiger partial charge >= 0.3 is 0 Å². The van der Waals surface area contributed by atoms with E-state index in [4.69, 9.17) is 9.15 Å². The van der Waals surface area contributed by atoms with Crippen molar-refractivity contribution in [3.8, 4) is 17.1 Å². The van der Waals surface area contributed by atoms with Crippen LogP contribution in [-0.2, 0) is 0 Å². The molecule has 1 N–H and O–H groups in total. The fraction of sp³-hybridized carbons (Fsp3) is 0.241. The van der Waals surface area contributed by atoms with Gasteiger partial charge in [0.15, 0.2) is 5.43 Å². The molecule has 174 valence electrons. The number of carbonyl (C=O) groups excluding carboxylic acids is 1. The second-order valence-electron chi connectivity index (χ2n) is 8.68. The molecule has 3 aromatic carbocycles. The molecule has 1 heterocycles. The summed E-state index contributed by atoms with van der Waals surface area (Å²) in [6, 6.07) is 18.2. The molecule has 34 heavy (non-hydrogen) atoms. The van der Waals surface area contributed by atoms with Crippen molar-refractivity contribution in [2.24, 2.45) is 0 Å². The van der Waals surface area contributed by atoms with E-state index in [0.717, 1.165) is 33.6 Å². The molecule has 0 fully saturated rings. The van der Waals surface area contributed by atoms with Crippen LogP contribution < -0.4 is 15.5 Å². The first kappa shape index (κ1) is 23.3. The number of fused-ring (bicyclic) bond motifs is 1. The van der Waals surface area contributed by atoms with Crippen LogP contribution >= 0.6 is 0 Å². The Morgan fingerprint density at radius 1 is 0.971 bits per heavy atom. The molecular weight excluding hydrogens is 426 g/mol. The van der Waals surface area contributed by atoms with Gasteiger partial charge in [0.2, 0.25) is 0 Å². The predicted octanol–water partition coefficient (Wildman–Crippen LogP) is 6.27. The summed E-state index contributed by atoms with van der Waals surface area (Å²) >= 11 is 0. The number of amides is 1. The SMILES string of the molecule is CCOc1ccc(C)cc1C(C)NC(=O)c1ccc(-c2cc(=O)c3cc(C)cc(C)c3o2)cc1. The highest BCUT2D eigenvalue weighted by atomic mass is 16.5. The minimum Gasteiger partial charge on any atom is -0.494 e. The Hall–Kier alpha value is -3.86. The van der Waals surface area contributed by atoms with Gasteiger partial charge in [0.05, 0.1) is 18.0 Å². The van der Waals surface area contributed by atoms with Gasteiger partial charge in [-0.05, 0) is 70.0 Å². The van der Waals surface area contributed by atoms with Gasteiger partial charge in [0.1, 0.15) is 17.1 Å². The summed E-state index contributed by atoms with van der Waals surface area (Å²) in [5.74, 6) is 1.06. The standard InChI is InChI=1S/C29H29NO4/c1-6-33-26-12-7-17(2)14-23(26)20(5)30-29(32)22-10-8-21(9-11-22)27-16-25(31)24-15-18(3)13-19(4)28(24)34-27/h7-16,20H,6H2,1-5H3,(H,30,32). The van der Waals surface area contributed by atoms with Crippen LogP contribution in [0.15, 0.2) is 69.9 Å². The Kier molecular flexibility index (Phi) is 6.55. The minimum atomic E-state index is -0.224. The zero-order chi connectivity index (χ0) is 24.4. The van der Waals surface area contributed by atoms with Gasteiger partial charge in [-0.25, -0.2) is 0 Å². The topological polar surface area (TPSA) is 68.5 Å². The average molecular weight is 456 g/mol. The van der Waals surface area contributed by atoms with Crippen LogP contribution in [0.4, 0.5) is 0 Å². The second kappa shape index (κ2) is 9.56. The molecule has 0 bridgehead atoms. The van der Waals surface area contributed by atoms with Crippen LogP contribution in [0.25, 0.3) is 22.3 Å². The number of carbonyl (C=O) groups is 1. The third-order valence-electron chi connectivity index (χ3n) is 5.87. The number of ether oxygens (including phenoxy) is 1. The van der Waals surface area contributed by atoms with Crippen LogP contribution in [0.3, 0.4) is 0 Å². The third-order valence-corrected chi connectivity index (χ3v) is 5.87. The van der Waals surface area contributed by atoms with Crippen molar-refractivity contribution >= 4 is 16.9 Å². The highest BCUT2D eigenvalue weighted by Crippen LogP contribution is 2.28. The summed E-state index contributed by atoms with van der Waals surface area (Å²) in [5.41, 5.74) is 5.75. The van der Waals surface area contributed by atoms with Crippen molar-refractivity contribution < 1.29 is 13.9 Å². The highest BCUT2D eigenvalue weighted by Gasteiger charge is 2.16. The zero-order valence-electron chi connectivity index (χ0n) is 20.2. The maximum absolute atomic E-state index is 12.9. The smallest absolute Gasteiger partial charge is 0.251 e. The molecule has 5 heteroatoms. The molecule has 1 amide bonds. The van der Waals surface area contributed by atoms with E-state index >= 15 is 0 Å². The van der Waals surface area contributed by atoms with Crippen LogP contribution in [0.5, 0.6) is 5.75 Å². The monoisotopic (exact) mass is 455 g/mol. The second-order valence-corrected chi connectivity index (χ2v) is 8.68. The molecule has 5 nitrogen and oxygen atoms in total. The van der Waals surface area contributed by atoms with Crippen molar-refractivity contribution in [1.82, 2.24) is 5.32 Å². The van der Waals surface area contributed by atoms with Crippen molar-refractivity contribution in [3.05, 3.63) is 98.7 Å². The van der Waals surface area contributed by atoms with Crippen LogP contribution in [0.1, 0.15) is 52.5 Å². The van der Waals surface area contributed by atoms with E-state index in [1.807, 2.05) is 65.0 Å². The van der Waals surface area contributed by atoms with E-state index in [9.17, 15) is 9.59 Å². The molecule has 1 atom stereocenters. The number of aryl methyl sites for hydroxylation is 3. The third kappa shape index (κ3) is 4.74. The molecule has 0 saturated heterocycles. The van der Waals surface area contributed by atoms with E-state index in [-0.39, 0.29) is 17.4 Å². The number of rotatable bonds is 6. The van der Waals surface area contributed by atoms with Gasteiger partial charge in [-0.15, -0.1) is 0 Å². The summed E-state index contributed by atoms with van der Waals surface area (Å²) in [6.07, 6.45) is 0. The molecule has 4 rings (SSSR count). The van der Waals surface area contributed by atoms with Crippen molar-refractivity contribution in [2.45, 2.75) is 40.7 Å². The summed E-state index contributed by atoms with van der Waals surface area (Å²) in [6.45, 7) is 10.3. The van der Waals surface area contributed by atoms with Crippen molar-refractivity contribution in [1.29, 1.82) is 0 Å². The first-order valence-corrected chi connectivity index (χ1v) is 11.5. The summed E-state index contributed by atoms with van der Waals surface area (Å²) in [7, 11) is 0. The molecule has 0 spiro atoms. The Bertz CT molecular complexity index is 1420. The van der Waals surface area contributed by atoms with E-state index < -0.39 is 0 Å². The van der Waals surface area contributed by atoms with Gasteiger partial charge in [-0.2, -0.15) is 0 Å². The Morgan fingerprint density at radius 2 is 1.71 bits per heavy atom. The lowest BCUT2D eigenvalue weighted by Gasteiger charge is -2.19. The highest BCUT2D eigenvalue weighted by molar-refractivity contribution is 5.95. The largest absolute Gasteiger partial charge is 0.494 e. The lowest BCUT2D eigenvalue weighted by atomic mass is 10.0. The van der Waals surface area contributed by atoms with Gasteiger partial charge in [0, 0.05) is 22.8 Å². The van der Waals surface area contributed by atoms with E-state index in [0.29, 0.717) is 28.9 Å². The zero-order valence-corrected chi connectivity index (χ0v) is 20.2. The number of nitrogens with one attached hydrogen (secondary N) is 1. The first-order valence-electron chi connectivity index (χ1n) is 11.5. The lowest BCUT2D eigenvalue weighted by molar-refractivity contribution is 0.0939. The molecule has 0 radical (unpaired) electrons. The molecule has 0 aliphatic rings. The van der Waals surface area contributed by atoms with Gasteiger partial charge in [-0.1, -0.05) is 35.9 Å². The van der Waals surface area contributed by atoms with Crippen LogP contribution in [0.2, 0.25) is 0 Å². The van der Waals surface area contributed by atoms with E-state index in [1.165, 1.54) is 6.07 Å². The molecule has 0 saturated carbocycles. The number of hydrogen-bond donors (Lipinski definition) is 1.